The molecule has 18 heavy (non-hydrogen) atoms. The van der Waals surface area contributed by atoms with Gasteiger partial charge in [0.05, 0.1) is 0 Å². The Balaban J connectivity index is 2.03. The van der Waals surface area contributed by atoms with Crippen molar-refractivity contribution in [1.82, 2.24) is 10.2 Å². The first kappa shape index (κ1) is 13.3. The van der Waals surface area contributed by atoms with Gasteiger partial charge >= 0.3 is 0 Å². The van der Waals surface area contributed by atoms with Crippen LogP contribution in [0.4, 0.5) is 0 Å². The van der Waals surface area contributed by atoms with Crippen molar-refractivity contribution in [3.63, 3.8) is 0 Å². The first-order valence-corrected chi connectivity index (χ1v) is 6.82. The SMILES string of the molecule is CC1CC(N)CC(C(=O)N2CCNC(=O)C2C)C1. The fraction of sp³-hybridized carbons (Fsp3) is 0.846. The van der Waals surface area contributed by atoms with Crippen molar-refractivity contribution in [3.8, 4) is 0 Å². The van der Waals surface area contributed by atoms with Gasteiger partial charge in [-0.25, -0.2) is 0 Å². The van der Waals surface area contributed by atoms with Crippen molar-refractivity contribution in [2.75, 3.05) is 13.1 Å². The number of piperazine rings is 1. The summed E-state index contributed by atoms with van der Waals surface area (Å²) in [5.74, 6) is 0.552. The molecule has 5 nitrogen and oxygen atoms in total. The number of hydrogen-bond acceptors (Lipinski definition) is 3. The summed E-state index contributed by atoms with van der Waals surface area (Å²) in [6.07, 6.45) is 2.66. The van der Waals surface area contributed by atoms with Crippen molar-refractivity contribution >= 4 is 11.8 Å². The van der Waals surface area contributed by atoms with Gasteiger partial charge in [-0.15, -0.1) is 0 Å². The van der Waals surface area contributed by atoms with Crippen LogP contribution in [-0.4, -0.2) is 41.9 Å². The topological polar surface area (TPSA) is 75.4 Å². The third-order valence-electron chi connectivity index (χ3n) is 4.11. The van der Waals surface area contributed by atoms with Crippen LogP contribution in [0.2, 0.25) is 0 Å². The number of carbonyl (C=O) groups excluding carboxylic acids is 2. The second-order valence-corrected chi connectivity index (χ2v) is 5.77. The minimum atomic E-state index is -0.347. The van der Waals surface area contributed by atoms with Crippen LogP contribution in [0.25, 0.3) is 0 Å². The summed E-state index contributed by atoms with van der Waals surface area (Å²) < 4.78 is 0. The predicted octanol–water partition coefficient (Wildman–Crippen LogP) is 0.0968. The van der Waals surface area contributed by atoms with Crippen LogP contribution >= 0.6 is 0 Å². The van der Waals surface area contributed by atoms with Gasteiger partial charge in [0, 0.05) is 25.0 Å². The average Bonchev–Trinajstić information content (AvgIpc) is 2.30. The van der Waals surface area contributed by atoms with Crippen molar-refractivity contribution in [3.05, 3.63) is 0 Å². The Labute approximate surface area is 108 Å². The molecule has 1 aliphatic heterocycles. The molecule has 1 aliphatic carbocycles. The molecule has 4 atom stereocenters. The molecule has 0 bridgehead atoms. The zero-order valence-corrected chi connectivity index (χ0v) is 11.2. The molecule has 1 heterocycles. The van der Waals surface area contributed by atoms with E-state index in [-0.39, 0.29) is 29.8 Å². The molecule has 1 saturated heterocycles. The lowest BCUT2D eigenvalue weighted by atomic mass is 9.79. The smallest absolute Gasteiger partial charge is 0.242 e. The molecular weight excluding hydrogens is 230 g/mol. The number of carbonyl (C=O) groups is 2. The van der Waals surface area contributed by atoms with Crippen molar-refractivity contribution < 1.29 is 9.59 Å². The number of hydrogen-bond donors (Lipinski definition) is 2. The van der Waals surface area contributed by atoms with E-state index < -0.39 is 0 Å². The molecule has 4 unspecified atom stereocenters. The fourth-order valence-electron chi connectivity index (χ4n) is 3.18. The summed E-state index contributed by atoms with van der Waals surface area (Å²) in [6.45, 7) is 5.11. The van der Waals surface area contributed by atoms with Crippen LogP contribution in [0.1, 0.15) is 33.1 Å². The Kier molecular flexibility index (Phi) is 3.90. The lowest BCUT2D eigenvalue weighted by Gasteiger charge is -2.38. The molecule has 0 spiro atoms. The summed E-state index contributed by atoms with van der Waals surface area (Å²) >= 11 is 0. The molecule has 3 N–H and O–H groups in total. The second-order valence-electron chi connectivity index (χ2n) is 5.77. The molecule has 0 aromatic rings. The van der Waals surface area contributed by atoms with Gasteiger partial charge < -0.3 is 16.0 Å². The van der Waals surface area contributed by atoms with Crippen molar-refractivity contribution in [1.29, 1.82) is 0 Å². The molecule has 2 amide bonds. The zero-order chi connectivity index (χ0) is 13.3. The standard InChI is InChI=1S/C13H23N3O2/c1-8-5-10(7-11(14)6-8)13(18)16-4-3-15-12(17)9(16)2/h8-11H,3-7,14H2,1-2H3,(H,15,17). The lowest BCUT2D eigenvalue weighted by Crippen LogP contribution is -2.57. The van der Waals surface area contributed by atoms with E-state index in [1.807, 2.05) is 0 Å². The molecule has 5 heteroatoms. The number of nitrogens with two attached hydrogens (primary N) is 1. The maximum atomic E-state index is 12.5. The van der Waals surface area contributed by atoms with Gasteiger partial charge in [-0.3, -0.25) is 9.59 Å². The molecule has 2 rings (SSSR count). The van der Waals surface area contributed by atoms with Gasteiger partial charge in [-0.1, -0.05) is 6.92 Å². The maximum absolute atomic E-state index is 12.5. The highest BCUT2D eigenvalue weighted by molar-refractivity contribution is 5.89. The Morgan fingerprint density at radius 2 is 2.06 bits per heavy atom. The normalized spacial score (nSPS) is 37.3. The van der Waals surface area contributed by atoms with E-state index in [9.17, 15) is 9.59 Å². The van der Waals surface area contributed by atoms with Crippen LogP contribution < -0.4 is 11.1 Å². The quantitative estimate of drug-likeness (QED) is 0.696. The molecule has 0 aromatic carbocycles. The van der Waals surface area contributed by atoms with Gasteiger partial charge in [0.25, 0.3) is 0 Å². The molecule has 0 aromatic heterocycles. The van der Waals surface area contributed by atoms with E-state index in [2.05, 4.69) is 12.2 Å². The first-order valence-electron chi connectivity index (χ1n) is 6.82. The van der Waals surface area contributed by atoms with E-state index >= 15 is 0 Å². The molecule has 2 fully saturated rings. The molecule has 2 aliphatic rings. The summed E-state index contributed by atoms with van der Waals surface area (Å²) in [4.78, 5) is 25.8. The number of nitrogens with zero attached hydrogens (tertiary/aromatic N) is 1. The zero-order valence-electron chi connectivity index (χ0n) is 11.2. The molecule has 102 valence electrons. The van der Waals surface area contributed by atoms with Crippen molar-refractivity contribution in [2.45, 2.75) is 45.2 Å². The maximum Gasteiger partial charge on any atom is 0.242 e. The summed E-state index contributed by atoms with van der Waals surface area (Å²) in [5, 5.41) is 2.78. The Morgan fingerprint density at radius 1 is 1.33 bits per heavy atom. The second kappa shape index (κ2) is 5.26. The van der Waals surface area contributed by atoms with Crippen LogP contribution in [0.3, 0.4) is 0 Å². The summed E-state index contributed by atoms with van der Waals surface area (Å²) in [6, 6.07) is -0.226. The van der Waals surface area contributed by atoms with Crippen LogP contribution in [0.15, 0.2) is 0 Å². The first-order chi connectivity index (χ1) is 8.49. The van der Waals surface area contributed by atoms with E-state index in [1.165, 1.54) is 0 Å². The highest BCUT2D eigenvalue weighted by Gasteiger charge is 2.36. The van der Waals surface area contributed by atoms with Crippen molar-refractivity contribution in [2.24, 2.45) is 17.6 Å². The van der Waals surface area contributed by atoms with E-state index in [1.54, 1.807) is 11.8 Å². The van der Waals surface area contributed by atoms with Gasteiger partial charge in [0.15, 0.2) is 0 Å². The monoisotopic (exact) mass is 253 g/mol. The number of nitrogens with one attached hydrogen (secondary N) is 1. The minimum Gasteiger partial charge on any atom is -0.353 e. The Bertz CT molecular complexity index is 335. The van der Waals surface area contributed by atoms with Crippen LogP contribution in [0.5, 0.6) is 0 Å². The summed E-state index contributed by atoms with van der Waals surface area (Å²) in [5.41, 5.74) is 5.99. The largest absolute Gasteiger partial charge is 0.353 e. The van der Waals surface area contributed by atoms with Gasteiger partial charge in [0.2, 0.25) is 11.8 Å². The van der Waals surface area contributed by atoms with Gasteiger partial charge in [0.1, 0.15) is 6.04 Å². The number of rotatable bonds is 1. The number of amides is 2. The molecule has 0 radical (unpaired) electrons. The highest BCUT2D eigenvalue weighted by Crippen LogP contribution is 2.30. The van der Waals surface area contributed by atoms with E-state index in [0.29, 0.717) is 19.0 Å². The van der Waals surface area contributed by atoms with Gasteiger partial charge in [-0.2, -0.15) is 0 Å². The third-order valence-corrected chi connectivity index (χ3v) is 4.11. The predicted molar refractivity (Wildman–Crippen MR) is 68.7 cm³/mol. The van der Waals surface area contributed by atoms with Gasteiger partial charge in [-0.05, 0) is 32.1 Å². The minimum absolute atomic E-state index is 0.00269. The Hall–Kier alpha value is -1.10. The van der Waals surface area contributed by atoms with E-state index in [4.69, 9.17) is 5.73 Å². The third kappa shape index (κ3) is 2.66. The average molecular weight is 253 g/mol. The molecular formula is C13H23N3O2. The van der Waals surface area contributed by atoms with Crippen LogP contribution in [0, 0.1) is 11.8 Å². The molecule has 1 saturated carbocycles. The Morgan fingerprint density at radius 3 is 2.72 bits per heavy atom. The van der Waals surface area contributed by atoms with E-state index in [0.717, 1.165) is 19.3 Å². The van der Waals surface area contributed by atoms with Crippen LogP contribution in [-0.2, 0) is 9.59 Å². The summed E-state index contributed by atoms with van der Waals surface area (Å²) in [7, 11) is 0. The highest BCUT2D eigenvalue weighted by atomic mass is 16.2. The lowest BCUT2D eigenvalue weighted by molar-refractivity contribution is -0.146. The fourth-order valence-corrected chi connectivity index (χ4v) is 3.18.